The molecule has 0 spiro atoms. The molecule has 3 heteroatoms. The van der Waals surface area contributed by atoms with Crippen LogP contribution in [-0.4, -0.2) is 5.78 Å². The molecule has 0 amide bonds. The van der Waals surface area contributed by atoms with E-state index in [-0.39, 0.29) is 5.78 Å². The van der Waals surface area contributed by atoms with E-state index in [1.54, 1.807) is 24.3 Å². The van der Waals surface area contributed by atoms with Crippen LogP contribution in [0.1, 0.15) is 18.4 Å². The topological polar surface area (TPSA) is 17.1 Å². The van der Waals surface area contributed by atoms with Gasteiger partial charge in [-0.2, -0.15) is 0 Å². The predicted molar refractivity (Wildman–Crippen MR) is 64.6 cm³/mol. The Kier molecular flexibility index (Phi) is 4.86. The van der Waals surface area contributed by atoms with Crippen molar-refractivity contribution in [3.8, 4) is 0 Å². The second-order valence-electron chi connectivity index (χ2n) is 3.28. The smallest absolute Gasteiger partial charge is 0.137 e. The molecule has 0 unspecified atom stereocenters. The average molecular weight is 243 g/mol. The van der Waals surface area contributed by atoms with Crippen molar-refractivity contribution < 1.29 is 4.79 Å². The number of ketones is 1. The Morgan fingerprint density at radius 3 is 2.73 bits per heavy atom. The van der Waals surface area contributed by atoms with Crippen LogP contribution in [0.15, 0.2) is 30.9 Å². The molecule has 1 aromatic rings. The molecule has 1 aromatic carbocycles. The molecule has 0 saturated heterocycles. The molecule has 0 heterocycles. The van der Waals surface area contributed by atoms with Crippen molar-refractivity contribution in [2.24, 2.45) is 0 Å². The van der Waals surface area contributed by atoms with Crippen LogP contribution in [0.4, 0.5) is 0 Å². The maximum absolute atomic E-state index is 11.5. The van der Waals surface area contributed by atoms with Gasteiger partial charge in [0.1, 0.15) is 5.78 Å². The van der Waals surface area contributed by atoms with Crippen molar-refractivity contribution in [1.29, 1.82) is 0 Å². The number of benzene rings is 1. The number of allylic oxidation sites excluding steroid dienone is 1. The highest BCUT2D eigenvalue weighted by molar-refractivity contribution is 6.35. The molecule has 0 saturated carbocycles. The van der Waals surface area contributed by atoms with Crippen molar-refractivity contribution >= 4 is 29.0 Å². The van der Waals surface area contributed by atoms with Crippen LogP contribution in [0.3, 0.4) is 0 Å². The van der Waals surface area contributed by atoms with Gasteiger partial charge >= 0.3 is 0 Å². The molecule has 0 atom stereocenters. The number of carbonyl (C=O) groups is 1. The summed E-state index contributed by atoms with van der Waals surface area (Å²) in [6, 6.07) is 5.18. The van der Waals surface area contributed by atoms with E-state index >= 15 is 0 Å². The summed E-state index contributed by atoms with van der Waals surface area (Å²) >= 11 is 11.7. The Morgan fingerprint density at radius 2 is 2.13 bits per heavy atom. The molecule has 0 aliphatic heterocycles. The second kappa shape index (κ2) is 5.94. The van der Waals surface area contributed by atoms with Gasteiger partial charge in [0.05, 0.1) is 0 Å². The van der Waals surface area contributed by atoms with Gasteiger partial charge in [-0.25, -0.2) is 0 Å². The van der Waals surface area contributed by atoms with E-state index in [4.69, 9.17) is 23.2 Å². The Hall–Kier alpha value is -0.790. The minimum Gasteiger partial charge on any atom is -0.299 e. The lowest BCUT2D eigenvalue weighted by atomic mass is 10.1. The zero-order chi connectivity index (χ0) is 11.3. The van der Waals surface area contributed by atoms with Crippen LogP contribution in [0.2, 0.25) is 10.0 Å². The SMILES string of the molecule is C=CCCC(=O)Cc1ccc(Cl)cc1Cl. The van der Waals surface area contributed by atoms with Crippen LogP contribution in [0.5, 0.6) is 0 Å². The Labute approximate surface area is 99.7 Å². The molecular weight excluding hydrogens is 231 g/mol. The fourth-order valence-electron chi connectivity index (χ4n) is 1.23. The first kappa shape index (κ1) is 12.3. The van der Waals surface area contributed by atoms with Crippen LogP contribution in [0.25, 0.3) is 0 Å². The third-order valence-corrected chi connectivity index (χ3v) is 2.62. The number of rotatable bonds is 5. The Bertz CT molecular complexity index is 372. The summed E-state index contributed by atoms with van der Waals surface area (Å²) in [6.07, 6.45) is 3.33. The van der Waals surface area contributed by atoms with Gasteiger partial charge < -0.3 is 0 Å². The normalized spacial score (nSPS) is 10.0. The van der Waals surface area contributed by atoms with Gasteiger partial charge in [-0.3, -0.25) is 4.79 Å². The van der Waals surface area contributed by atoms with Crippen molar-refractivity contribution in [3.05, 3.63) is 46.5 Å². The molecule has 0 aromatic heterocycles. The molecule has 1 nitrogen and oxygen atoms in total. The summed E-state index contributed by atoms with van der Waals surface area (Å²) in [5.41, 5.74) is 0.829. The third kappa shape index (κ3) is 4.06. The Morgan fingerprint density at radius 1 is 1.40 bits per heavy atom. The van der Waals surface area contributed by atoms with E-state index in [1.165, 1.54) is 0 Å². The van der Waals surface area contributed by atoms with E-state index in [9.17, 15) is 4.79 Å². The van der Waals surface area contributed by atoms with E-state index < -0.39 is 0 Å². The summed E-state index contributed by atoms with van der Waals surface area (Å²) in [7, 11) is 0. The Balaban J connectivity index is 2.64. The second-order valence-corrected chi connectivity index (χ2v) is 4.12. The summed E-state index contributed by atoms with van der Waals surface area (Å²) in [5.74, 6) is 0.166. The molecule has 0 N–H and O–H groups in total. The van der Waals surface area contributed by atoms with E-state index in [2.05, 4.69) is 6.58 Å². The molecule has 0 aliphatic carbocycles. The standard InChI is InChI=1S/C12H12Cl2O/c1-2-3-4-11(15)7-9-5-6-10(13)8-12(9)14/h2,5-6,8H,1,3-4,7H2. The monoisotopic (exact) mass is 242 g/mol. The molecule has 0 bridgehead atoms. The van der Waals surface area contributed by atoms with E-state index in [1.807, 2.05) is 0 Å². The largest absolute Gasteiger partial charge is 0.299 e. The average Bonchev–Trinajstić information content (AvgIpc) is 2.19. The molecule has 15 heavy (non-hydrogen) atoms. The highest BCUT2D eigenvalue weighted by atomic mass is 35.5. The van der Waals surface area contributed by atoms with Crippen molar-refractivity contribution in [2.45, 2.75) is 19.3 Å². The number of halogens is 2. The summed E-state index contributed by atoms with van der Waals surface area (Å²) in [5, 5.41) is 1.14. The molecule has 0 fully saturated rings. The molecule has 0 aliphatic rings. The first-order valence-electron chi connectivity index (χ1n) is 4.70. The maximum Gasteiger partial charge on any atom is 0.137 e. The zero-order valence-electron chi connectivity index (χ0n) is 8.30. The van der Waals surface area contributed by atoms with E-state index in [0.29, 0.717) is 29.3 Å². The van der Waals surface area contributed by atoms with Crippen LogP contribution in [0, 0.1) is 0 Å². The highest BCUT2D eigenvalue weighted by Gasteiger charge is 2.06. The van der Waals surface area contributed by atoms with Crippen molar-refractivity contribution in [2.75, 3.05) is 0 Å². The van der Waals surface area contributed by atoms with Gasteiger partial charge in [0.15, 0.2) is 0 Å². The number of hydrogen-bond donors (Lipinski definition) is 0. The quantitative estimate of drug-likeness (QED) is 0.712. The van der Waals surface area contributed by atoms with Crippen LogP contribution < -0.4 is 0 Å². The molecule has 0 radical (unpaired) electrons. The third-order valence-electron chi connectivity index (χ3n) is 2.03. The molecule has 1 rings (SSSR count). The minimum absolute atomic E-state index is 0.166. The van der Waals surface area contributed by atoms with Gasteiger partial charge in [-0.05, 0) is 24.1 Å². The zero-order valence-corrected chi connectivity index (χ0v) is 9.81. The van der Waals surface area contributed by atoms with Crippen molar-refractivity contribution in [1.82, 2.24) is 0 Å². The number of carbonyl (C=O) groups excluding carboxylic acids is 1. The number of hydrogen-bond acceptors (Lipinski definition) is 1. The van der Waals surface area contributed by atoms with Gasteiger partial charge in [0.25, 0.3) is 0 Å². The van der Waals surface area contributed by atoms with Crippen LogP contribution in [-0.2, 0) is 11.2 Å². The lowest BCUT2D eigenvalue weighted by Crippen LogP contribution is -2.02. The first-order valence-corrected chi connectivity index (χ1v) is 5.45. The van der Waals surface area contributed by atoms with E-state index in [0.717, 1.165) is 5.56 Å². The summed E-state index contributed by atoms with van der Waals surface area (Å²) < 4.78 is 0. The number of Topliss-reactive ketones (excluding diaryl/α,β-unsaturated/α-hetero) is 1. The van der Waals surface area contributed by atoms with Gasteiger partial charge in [0.2, 0.25) is 0 Å². The fraction of sp³-hybridized carbons (Fsp3) is 0.250. The summed E-state index contributed by atoms with van der Waals surface area (Å²) in [6.45, 7) is 3.57. The van der Waals surface area contributed by atoms with Gasteiger partial charge in [-0.1, -0.05) is 35.3 Å². The molecular formula is C12H12Cl2O. The highest BCUT2D eigenvalue weighted by Crippen LogP contribution is 2.21. The van der Waals surface area contributed by atoms with Crippen LogP contribution >= 0.6 is 23.2 Å². The first-order chi connectivity index (χ1) is 7.13. The maximum atomic E-state index is 11.5. The predicted octanol–water partition coefficient (Wildman–Crippen LogP) is 4.07. The lowest BCUT2D eigenvalue weighted by Gasteiger charge is -2.03. The van der Waals surface area contributed by atoms with Gasteiger partial charge in [-0.15, -0.1) is 6.58 Å². The lowest BCUT2D eigenvalue weighted by molar-refractivity contribution is -0.118. The summed E-state index contributed by atoms with van der Waals surface area (Å²) in [4.78, 5) is 11.5. The fourth-order valence-corrected chi connectivity index (χ4v) is 1.70. The minimum atomic E-state index is 0.166. The van der Waals surface area contributed by atoms with Crippen molar-refractivity contribution in [3.63, 3.8) is 0 Å². The molecule has 80 valence electrons. The van der Waals surface area contributed by atoms with Gasteiger partial charge in [0, 0.05) is 22.9 Å².